The minimum atomic E-state index is -5.25. The number of benzene rings is 1. The van der Waals surface area contributed by atoms with Gasteiger partial charge in [-0.05, 0) is 48.9 Å². The van der Waals surface area contributed by atoms with E-state index in [2.05, 4.69) is 10.3 Å². The molecule has 2 aliphatic heterocycles. The summed E-state index contributed by atoms with van der Waals surface area (Å²) < 4.78 is 60.4. The lowest BCUT2D eigenvalue weighted by atomic mass is 9.81. The summed E-state index contributed by atoms with van der Waals surface area (Å²) in [5, 5.41) is 33.4. The lowest BCUT2D eigenvalue weighted by molar-refractivity contribution is -0.229. The van der Waals surface area contributed by atoms with Crippen molar-refractivity contribution in [3.8, 4) is 11.4 Å². The van der Waals surface area contributed by atoms with E-state index in [1.807, 2.05) is 0 Å². The van der Waals surface area contributed by atoms with E-state index in [9.17, 15) is 47.3 Å². The van der Waals surface area contributed by atoms with Gasteiger partial charge in [0.1, 0.15) is 12.4 Å². The molecule has 2 aromatic heterocycles. The molecule has 4 atom stereocenters. The van der Waals surface area contributed by atoms with Crippen molar-refractivity contribution in [2.24, 2.45) is 0 Å². The van der Waals surface area contributed by atoms with Crippen LogP contribution in [0, 0.1) is 12.7 Å². The summed E-state index contributed by atoms with van der Waals surface area (Å²) in [6.07, 6.45) is -11.1. The van der Waals surface area contributed by atoms with Crippen LogP contribution in [0.5, 0.6) is 0 Å². The molecule has 0 bridgehead atoms. The molecule has 42 heavy (non-hydrogen) atoms. The zero-order valence-electron chi connectivity index (χ0n) is 22.3. The van der Waals surface area contributed by atoms with Crippen molar-refractivity contribution in [2.75, 3.05) is 0 Å². The number of alkyl halides is 3. The first kappa shape index (κ1) is 28.2. The summed E-state index contributed by atoms with van der Waals surface area (Å²) in [4.78, 5) is 43.5. The molecule has 0 radical (unpaired) electrons. The smallest absolute Gasteiger partial charge is 0.417 e. The monoisotopic (exact) mass is 591 g/mol. The third-order valence-electron chi connectivity index (χ3n) is 8.60. The number of hydrogen-bond donors (Lipinski definition) is 4. The van der Waals surface area contributed by atoms with E-state index in [1.54, 1.807) is 13.8 Å². The van der Waals surface area contributed by atoms with Crippen LogP contribution >= 0.6 is 0 Å². The predicted octanol–water partition coefficient (Wildman–Crippen LogP) is 1.91. The molecular formula is C28H25F4N3O7. The molecule has 10 nitrogen and oxygen atoms in total. The fraction of sp³-hybridized carbons (Fsp3) is 0.429. The number of ether oxygens (including phenoxy) is 1. The number of hydrogen-bond acceptors (Lipinski definition) is 8. The zero-order valence-corrected chi connectivity index (χ0v) is 22.3. The number of halogens is 4. The molecule has 1 aliphatic carbocycles. The molecule has 1 aromatic carbocycles. The topological polar surface area (TPSA) is 151 Å². The highest BCUT2D eigenvalue weighted by atomic mass is 19.4. The second-order valence-electron chi connectivity index (χ2n) is 10.8. The van der Waals surface area contributed by atoms with Gasteiger partial charge in [-0.3, -0.25) is 9.59 Å². The van der Waals surface area contributed by atoms with Crippen molar-refractivity contribution in [3.63, 3.8) is 0 Å². The summed E-state index contributed by atoms with van der Waals surface area (Å²) >= 11 is 0. The number of aliphatic hydroxyl groups excluding tert-OH is 2. The number of aryl methyl sites for hydroxylation is 1. The fourth-order valence-corrected chi connectivity index (χ4v) is 6.28. The zero-order chi connectivity index (χ0) is 30.5. The Kier molecular flexibility index (Phi) is 6.26. The molecule has 6 rings (SSSR count). The summed E-state index contributed by atoms with van der Waals surface area (Å²) in [6, 6.07) is 1.66. The third-order valence-corrected chi connectivity index (χ3v) is 8.60. The molecule has 3 aliphatic rings. The quantitative estimate of drug-likeness (QED) is 0.208. The molecule has 1 unspecified atom stereocenters. The van der Waals surface area contributed by atoms with Crippen molar-refractivity contribution >= 4 is 22.8 Å². The average Bonchev–Trinajstić information content (AvgIpc) is 3.31. The van der Waals surface area contributed by atoms with Crippen LogP contribution in [0.4, 0.5) is 17.6 Å². The Morgan fingerprint density at radius 2 is 1.95 bits per heavy atom. The van der Waals surface area contributed by atoms with E-state index < -0.39 is 53.3 Å². The van der Waals surface area contributed by atoms with Crippen LogP contribution in [0.1, 0.15) is 59.2 Å². The largest absolute Gasteiger partial charge is 0.458 e. The van der Waals surface area contributed by atoms with E-state index in [0.29, 0.717) is 27.6 Å². The highest BCUT2D eigenvalue weighted by Crippen LogP contribution is 2.46. The molecule has 0 fully saturated rings. The Hall–Kier alpha value is -3.88. The first-order valence-electron chi connectivity index (χ1n) is 13.2. The first-order valence-corrected chi connectivity index (χ1v) is 13.2. The number of aliphatic hydroxyl groups is 3. The van der Waals surface area contributed by atoms with Gasteiger partial charge in [0.2, 0.25) is 0 Å². The maximum Gasteiger partial charge on any atom is 0.417 e. The molecule has 4 N–H and O–H groups in total. The Morgan fingerprint density at radius 3 is 2.62 bits per heavy atom. The highest BCUT2D eigenvalue weighted by Gasteiger charge is 2.48. The van der Waals surface area contributed by atoms with Crippen molar-refractivity contribution < 1.29 is 47.2 Å². The van der Waals surface area contributed by atoms with Gasteiger partial charge in [0.15, 0.2) is 17.8 Å². The number of esters is 1. The number of nitrogens with zero attached hydrogens (tertiary/aromatic N) is 2. The lowest BCUT2D eigenvalue weighted by Gasteiger charge is -2.31. The van der Waals surface area contributed by atoms with Gasteiger partial charge in [0.05, 0.1) is 35.1 Å². The maximum absolute atomic E-state index is 15.0. The molecule has 0 saturated heterocycles. The highest BCUT2D eigenvalue weighted by molar-refractivity contribution is 5.94. The van der Waals surface area contributed by atoms with Crippen molar-refractivity contribution in [1.82, 2.24) is 14.9 Å². The molecular weight excluding hydrogens is 566 g/mol. The van der Waals surface area contributed by atoms with E-state index >= 15 is 0 Å². The number of rotatable bonds is 4. The fourth-order valence-electron chi connectivity index (χ4n) is 6.28. The number of carbonyl (C=O) groups excluding carboxylic acids is 2. The van der Waals surface area contributed by atoms with Crippen LogP contribution in [-0.4, -0.2) is 55.1 Å². The average molecular weight is 592 g/mol. The Balaban J connectivity index is 1.55. The van der Waals surface area contributed by atoms with Crippen LogP contribution in [0.3, 0.4) is 0 Å². The Labute approximate surface area is 234 Å². The summed E-state index contributed by atoms with van der Waals surface area (Å²) in [5.41, 5.74) is -0.180. The predicted molar refractivity (Wildman–Crippen MR) is 136 cm³/mol. The van der Waals surface area contributed by atoms with Crippen LogP contribution in [-0.2, 0) is 39.5 Å². The minimum Gasteiger partial charge on any atom is -0.458 e. The van der Waals surface area contributed by atoms with Gasteiger partial charge < -0.3 is 29.9 Å². The summed E-state index contributed by atoms with van der Waals surface area (Å²) in [5.74, 6) is -2.92. The van der Waals surface area contributed by atoms with Gasteiger partial charge in [0, 0.05) is 22.6 Å². The van der Waals surface area contributed by atoms with Gasteiger partial charge in [-0.25, -0.2) is 14.2 Å². The van der Waals surface area contributed by atoms with Gasteiger partial charge in [0.25, 0.3) is 11.5 Å². The maximum atomic E-state index is 15.0. The van der Waals surface area contributed by atoms with E-state index in [1.165, 1.54) is 16.7 Å². The number of nitrogens with one attached hydrogen (secondary N) is 1. The summed E-state index contributed by atoms with van der Waals surface area (Å²) in [6.45, 7) is 2.68. The van der Waals surface area contributed by atoms with E-state index in [-0.39, 0.29) is 60.4 Å². The molecule has 1 amide bonds. The molecule has 3 aromatic rings. The number of aromatic nitrogens is 2. The molecule has 14 heteroatoms. The van der Waals surface area contributed by atoms with Crippen molar-refractivity contribution in [1.29, 1.82) is 0 Å². The normalized spacial score (nSPS) is 22.2. The Morgan fingerprint density at radius 1 is 1.24 bits per heavy atom. The van der Waals surface area contributed by atoms with Crippen molar-refractivity contribution in [3.05, 3.63) is 61.7 Å². The van der Waals surface area contributed by atoms with Gasteiger partial charge in [-0.2, -0.15) is 13.2 Å². The molecule has 0 saturated carbocycles. The SMILES string of the molecule is CC[C@@]1(O)C(=O)OCc2c1cc1n(c2=O)Cc2c-1nc1cc(F)c(C)c3c1c2[C@@H](NC(=O)[C@@H](O)C(O)C(F)(F)F)CC3. The van der Waals surface area contributed by atoms with Crippen LogP contribution < -0.4 is 10.9 Å². The lowest BCUT2D eigenvalue weighted by Crippen LogP contribution is -2.49. The van der Waals surface area contributed by atoms with Crippen LogP contribution in [0.15, 0.2) is 16.9 Å². The van der Waals surface area contributed by atoms with E-state index in [0.717, 1.165) is 0 Å². The number of pyridine rings is 2. The number of cyclic esters (lactones) is 1. The minimum absolute atomic E-state index is 0.0609. The number of carbonyl (C=O) groups is 2. The molecule has 4 heterocycles. The van der Waals surface area contributed by atoms with Crippen LogP contribution in [0.25, 0.3) is 22.3 Å². The molecule has 0 spiro atoms. The van der Waals surface area contributed by atoms with Gasteiger partial charge >= 0.3 is 12.1 Å². The Bertz CT molecular complexity index is 1770. The number of fused-ring (bicyclic) bond motifs is 5. The standard InChI is InChI=1S/C28H25F4N3O7/c1-3-27(41)14-6-18-21-12(8-35(18)25(39)13(14)9-42-26(27)40)20-16(34-24(38)22(36)23(37)28(30,31)32)5-4-11-10(2)15(29)7-17(33-21)19(11)20/h6-7,16,22-23,36-37,41H,3-5,8-9H2,1-2H3,(H,34,38)/t16-,22-,23?,27-/m0/s1. The van der Waals surface area contributed by atoms with Gasteiger partial charge in [-0.15, -0.1) is 0 Å². The second kappa shape index (κ2) is 9.31. The molecule has 222 valence electrons. The second-order valence-corrected chi connectivity index (χ2v) is 10.8. The first-order chi connectivity index (χ1) is 19.7. The van der Waals surface area contributed by atoms with E-state index in [4.69, 9.17) is 4.74 Å². The van der Waals surface area contributed by atoms with Gasteiger partial charge in [-0.1, -0.05) is 6.92 Å². The third kappa shape index (κ3) is 3.88. The number of amides is 1. The van der Waals surface area contributed by atoms with Crippen LogP contribution in [0.2, 0.25) is 0 Å². The van der Waals surface area contributed by atoms with Crippen molar-refractivity contribution in [2.45, 2.75) is 76.3 Å². The summed E-state index contributed by atoms with van der Waals surface area (Å²) in [7, 11) is 0.